The zero-order valence-electron chi connectivity index (χ0n) is 15.1. The lowest BCUT2D eigenvalue weighted by Gasteiger charge is -2.08. The number of benzene rings is 2. The van der Waals surface area contributed by atoms with Crippen LogP contribution in [0, 0.1) is 0 Å². The Morgan fingerprint density at radius 2 is 1.75 bits per heavy atom. The number of carbonyl (C=O) groups is 2. The average molecular weight is 373 g/mol. The number of aromatic amines is 1. The Morgan fingerprint density at radius 3 is 2.61 bits per heavy atom. The summed E-state index contributed by atoms with van der Waals surface area (Å²) in [5.41, 5.74) is 7.77. The summed E-state index contributed by atoms with van der Waals surface area (Å²) in [4.78, 5) is 24.3. The standard InChI is InChI=1S/C21H19N5O2/c27-20(11-13-26-12-10-16-8-4-5-9-19(16)26)24-25-21(28)18-14-17(22-23-18)15-6-2-1-3-7-15/h1-10,12,14H,11,13H2,(H,22,23)(H,24,27)(H,25,28). The van der Waals surface area contributed by atoms with Gasteiger partial charge in [0.05, 0.1) is 5.69 Å². The van der Waals surface area contributed by atoms with Crippen molar-refractivity contribution < 1.29 is 9.59 Å². The Morgan fingerprint density at radius 1 is 0.964 bits per heavy atom. The van der Waals surface area contributed by atoms with E-state index < -0.39 is 5.91 Å². The topological polar surface area (TPSA) is 91.8 Å². The van der Waals surface area contributed by atoms with Gasteiger partial charge in [0, 0.05) is 30.2 Å². The Kier molecular flexibility index (Phi) is 4.88. The molecule has 140 valence electrons. The van der Waals surface area contributed by atoms with Gasteiger partial charge in [-0.1, -0.05) is 48.5 Å². The lowest BCUT2D eigenvalue weighted by atomic mass is 10.1. The highest BCUT2D eigenvalue weighted by Gasteiger charge is 2.12. The van der Waals surface area contributed by atoms with Crippen molar-refractivity contribution >= 4 is 22.7 Å². The lowest BCUT2D eigenvalue weighted by Crippen LogP contribution is -2.42. The molecule has 28 heavy (non-hydrogen) atoms. The first kappa shape index (κ1) is 17.5. The largest absolute Gasteiger partial charge is 0.347 e. The molecule has 4 rings (SSSR count). The summed E-state index contributed by atoms with van der Waals surface area (Å²) in [5, 5.41) is 7.95. The van der Waals surface area contributed by atoms with Gasteiger partial charge in [0.15, 0.2) is 0 Å². The Bertz CT molecular complexity index is 1110. The maximum Gasteiger partial charge on any atom is 0.287 e. The van der Waals surface area contributed by atoms with Gasteiger partial charge in [-0.2, -0.15) is 5.10 Å². The molecule has 0 saturated heterocycles. The fourth-order valence-corrected chi connectivity index (χ4v) is 3.01. The van der Waals surface area contributed by atoms with Crippen molar-refractivity contribution in [2.75, 3.05) is 0 Å². The van der Waals surface area contributed by atoms with Gasteiger partial charge in [0.2, 0.25) is 5.91 Å². The molecule has 0 aliphatic rings. The number of nitrogens with zero attached hydrogens (tertiary/aromatic N) is 2. The van der Waals surface area contributed by atoms with Gasteiger partial charge in [0.25, 0.3) is 5.91 Å². The molecule has 0 radical (unpaired) electrons. The highest BCUT2D eigenvalue weighted by molar-refractivity contribution is 5.94. The number of aromatic nitrogens is 3. The van der Waals surface area contributed by atoms with Crippen molar-refractivity contribution in [2.45, 2.75) is 13.0 Å². The number of aryl methyl sites for hydroxylation is 1. The van der Waals surface area contributed by atoms with Crippen LogP contribution in [0.3, 0.4) is 0 Å². The van der Waals surface area contributed by atoms with E-state index in [1.54, 1.807) is 6.07 Å². The van der Waals surface area contributed by atoms with E-state index in [-0.39, 0.29) is 18.0 Å². The van der Waals surface area contributed by atoms with Crippen molar-refractivity contribution in [3.05, 3.63) is 78.6 Å². The molecule has 0 spiro atoms. The second kappa shape index (κ2) is 7.79. The number of hydrazine groups is 1. The third-order valence-electron chi connectivity index (χ3n) is 4.47. The van der Waals surface area contributed by atoms with Crippen LogP contribution in [0.1, 0.15) is 16.9 Å². The van der Waals surface area contributed by atoms with Crippen LogP contribution in [-0.4, -0.2) is 26.6 Å². The molecule has 0 aliphatic heterocycles. The molecule has 0 aliphatic carbocycles. The fraction of sp³-hybridized carbons (Fsp3) is 0.0952. The second-order valence-corrected chi connectivity index (χ2v) is 6.35. The molecular formula is C21H19N5O2. The zero-order chi connectivity index (χ0) is 19.3. The molecule has 2 heterocycles. The first-order chi connectivity index (χ1) is 13.7. The highest BCUT2D eigenvalue weighted by atomic mass is 16.2. The highest BCUT2D eigenvalue weighted by Crippen LogP contribution is 2.17. The van der Waals surface area contributed by atoms with Gasteiger partial charge < -0.3 is 4.57 Å². The molecular weight excluding hydrogens is 354 g/mol. The van der Waals surface area contributed by atoms with Crippen LogP contribution < -0.4 is 10.9 Å². The molecule has 0 fully saturated rings. The monoisotopic (exact) mass is 373 g/mol. The number of hydrogen-bond acceptors (Lipinski definition) is 3. The molecule has 0 saturated carbocycles. The normalized spacial score (nSPS) is 10.7. The SMILES string of the molecule is O=C(CCn1ccc2ccccc21)NNC(=O)c1cc(-c2ccccc2)n[nH]1. The van der Waals surface area contributed by atoms with Gasteiger partial charge in [-0.05, 0) is 23.6 Å². The minimum atomic E-state index is -0.450. The van der Waals surface area contributed by atoms with Gasteiger partial charge in [-0.15, -0.1) is 0 Å². The van der Waals surface area contributed by atoms with E-state index in [9.17, 15) is 9.59 Å². The van der Waals surface area contributed by atoms with E-state index in [1.807, 2.05) is 71.4 Å². The third kappa shape index (κ3) is 3.78. The van der Waals surface area contributed by atoms with Crippen LogP contribution in [0.2, 0.25) is 0 Å². The maximum absolute atomic E-state index is 12.2. The molecule has 3 N–H and O–H groups in total. The summed E-state index contributed by atoms with van der Waals surface area (Å²) in [6.07, 6.45) is 2.20. The quantitative estimate of drug-likeness (QED) is 0.470. The molecule has 2 aromatic heterocycles. The number of para-hydroxylation sites is 1. The van der Waals surface area contributed by atoms with Gasteiger partial charge in [-0.25, -0.2) is 0 Å². The van der Waals surface area contributed by atoms with Crippen LogP contribution in [0.15, 0.2) is 72.9 Å². The number of amides is 2. The molecule has 0 unspecified atom stereocenters. The van der Waals surface area contributed by atoms with Crippen LogP contribution in [-0.2, 0) is 11.3 Å². The molecule has 2 aromatic carbocycles. The van der Waals surface area contributed by atoms with E-state index in [4.69, 9.17) is 0 Å². The lowest BCUT2D eigenvalue weighted by molar-refractivity contribution is -0.122. The van der Waals surface area contributed by atoms with Gasteiger partial charge >= 0.3 is 0 Å². The number of carbonyl (C=O) groups excluding carboxylic acids is 2. The number of hydrogen-bond donors (Lipinski definition) is 3. The average Bonchev–Trinajstić information content (AvgIpc) is 3.39. The van der Waals surface area contributed by atoms with Crippen molar-refractivity contribution in [3.8, 4) is 11.3 Å². The van der Waals surface area contributed by atoms with Crippen molar-refractivity contribution in [1.29, 1.82) is 0 Å². The number of nitrogens with one attached hydrogen (secondary N) is 3. The molecule has 4 aromatic rings. The summed E-state index contributed by atoms with van der Waals surface area (Å²) in [5.74, 6) is -0.719. The Balaban J connectivity index is 1.30. The van der Waals surface area contributed by atoms with E-state index in [0.29, 0.717) is 12.2 Å². The summed E-state index contributed by atoms with van der Waals surface area (Å²) in [7, 11) is 0. The van der Waals surface area contributed by atoms with Crippen LogP contribution in [0.5, 0.6) is 0 Å². The van der Waals surface area contributed by atoms with Crippen LogP contribution in [0.25, 0.3) is 22.2 Å². The molecule has 0 bridgehead atoms. The predicted octanol–water partition coefficient (Wildman–Crippen LogP) is 2.88. The number of fused-ring (bicyclic) bond motifs is 1. The third-order valence-corrected chi connectivity index (χ3v) is 4.47. The zero-order valence-corrected chi connectivity index (χ0v) is 15.1. The maximum atomic E-state index is 12.2. The van der Waals surface area contributed by atoms with Gasteiger partial charge in [-0.3, -0.25) is 25.5 Å². The Labute approximate surface area is 161 Å². The second-order valence-electron chi connectivity index (χ2n) is 6.35. The number of H-pyrrole nitrogens is 1. The molecule has 0 atom stereocenters. The molecule has 7 heteroatoms. The van der Waals surface area contributed by atoms with E-state index in [2.05, 4.69) is 21.0 Å². The fourth-order valence-electron chi connectivity index (χ4n) is 3.01. The predicted molar refractivity (Wildman–Crippen MR) is 106 cm³/mol. The van der Waals surface area contributed by atoms with Gasteiger partial charge in [0.1, 0.15) is 5.69 Å². The van der Waals surface area contributed by atoms with Crippen molar-refractivity contribution in [1.82, 2.24) is 25.6 Å². The number of rotatable bonds is 5. The summed E-state index contributed by atoms with van der Waals surface area (Å²) in [6, 6.07) is 21.2. The van der Waals surface area contributed by atoms with Crippen molar-refractivity contribution in [3.63, 3.8) is 0 Å². The Hall–Kier alpha value is -3.87. The molecule has 2 amide bonds. The smallest absolute Gasteiger partial charge is 0.287 e. The first-order valence-electron chi connectivity index (χ1n) is 8.94. The summed E-state index contributed by atoms with van der Waals surface area (Å²) in [6.45, 7) is 0.525. The van der Waals surface area contributed by atoms with Crippen molar-refractivity contribution in [2.24, 2.45) is 0 Å². The minimum absolute atomic E-state index is 0.247. The first-order valence-corrected chi connectivity index (χ1v) is 8.94. The summed E-state index contributed by atoms with van der Waals surface area (Å²) >= 11 is 0. The van der Waals surface area contributed by atoms with Crippen LogP contribution in [0.4, 0.5) is 0 Å². The van der Waals surface area contributed by atoms with Crippen LogP contribution >= 0.6 is 0 Å². The molecule has 7 nitrogen and oxygen atoms in total. The van der Waals surface area contributed by atoms with E-state index >= 15 is 0 Å². The van der Waals surface area contributed by atoms with E-state index in [1.165, 1.54) is 0 Å². The summed E-state index contributed by atoms with van der Waals surface area (Å²) < 4.78 is 2.01. The van der Waals surface area contributed by atoms with E-state index in [0.717, 1.165) is 16.5 Å². The minimum Gasteiger partial charge on any atom is -0.347 e.